The van der Waals surface area contributed by atoms with Crippen molar-refractivity contribution in [1.82, 2.24) is 9.80 Å². The van der Waals surface area contributed by atoms with Gasteiger partial charge in [-0.15, -0.1) is 11.6 Å². The van der Waals surface area contributed by atoms with Crippen LogP contribution in [0, 0.1) is 5.92 Å². The van der Waals surface area contributed by atoms with E-state index in [2.05, 4.69) is 11.9 Å². The molecule has 1 aliphatic heterocycles. The minimum atomic E-state index is 0.0243. The maximum Gasteiger partial charge on any atom is 0.237 e. The van der Waals surface area contributed by atoms with E-state index in [1.807, 2.05) is 7.05 Å². The third-order valence-electron chi connectivity index (χ3n) is 2.56. The van der Waals surface area contributed by atoms with Gasteiger partial charge in [0, 0.05) is 20.1 Å². The highest BCUT2D eigenvalue weighted by Gasteiger charge is 2.21. The van der Waals surface area contributed by atoms with Crippen LogP contribution in [0.1, 0.15) is 6.42 Å². The van der Waals surface area contributed by atoms with Gasteiger partial charge in [0.15, 0.2) is 0 Å². The van der Waals surface area contributed by atoms with Gasteiger partial charge in [-0.2, -0.15) is 0 Å². The van der Waals surface area contributed by atoms with E-state index in [-0.39, 0.29) is 11.8 Å². The highest BCUT2D eigenvalue weighted by molar-refractivity contribution is 6.27. The van der Waals surface area contributed by atoms with Crippen LogP contribution >= 0.6 is 11.6 Å². The van der Waals surface area contributed by atoms with Crippen molar-refractivity contribution in [2.75, 3.05) is 39.6 Å². The third kappa shape index (κ3) is 3.16. The topological polar surface area (TPSA) is 23.6 Å². The summed E-state index contributed by atoms with van der Waals surface area (Å²) in [6.45, 7) is 3.09. The Morgan fingerprint density at radius 2 is 2.38 bits per heavy atom. The van der Waals surface area contributed by atoms with Crippen molar-refractivity contribution >= 4 is 17.5 Å². The van der Waals surface area contributed by atoms with Gasteiger partial charge in [-0.3, -0.25) is 4.79 Å². The van der Waals surface area contributed by atoms with E-state index >= 15 is 0 Å². The number of likely N-dealkylation sites (tertiary alicyclic amines) is 1. The molecule has 1 amide bonds. The Balaban J connectivity index is 2.28. The molecular weight excluding hydrogens is 188 g/mol. The number of hydrogen-bond donors (Lipinski definition) is 0. The summed E-state index contributed by atoms with van der Waals surface area (Å²) in [5.74, 6) is 0.748. The van der Waals surface area contributed by atoms with Gasteiger partial charge in [0.05, 0.1) is 0 Å². The summed E-state index contributed by atoms with van der Waals surface area (Å²) in [6, 6.07) is 0. The third-order valence-corrected chi connectivity index (χ3v) is 2.79. The lowest BCUT2D eigenvalue weighted by Crippen LogP contribution is -2.33. The van der Waals surface area contributed by atoms with Crippen LogP contribution in [0.5, 0.6) is 0 Å². The molecule has 1 rings (SSSR count). The summed E-state index contributed by atoms with van der Waals surface area (Å²) in [5.41, 5.74) is 0. The standard InChI is InChI=1S/C9H17ClN2O/c1-11-4-3-8(6-11)7-12(2)9(13)5-10/h8H,3-7H2,1-2H3. The molecule has 0 aromatic carbocycles. The molecule has 3 nitrogen and oxygen atoms in total. The largest absolute Gasteiger partial charge is 0.344 e. The van der Waals surface area contributed by atoms with E-state index in [0.29, 0.717) is 5.92 Å². The molecule has 0 saturated carbocycles. The van der Waals surface area contributed by atoms with Crippen molar-refractivity contribution in [2.24, 2.45) is 5.92 Å². The molecule has 1 unspecified atom stereocenters. The van der Waals surface area contributed by atoms with Crippen molar-refractivity contribution < 1.29 is 4.79 Å². The Hall–Kier alpha value is -0.280. The number of halogens is 1. The van der Waals surface area contributed by atoms with Gasteiger partial charge in [0.1, 0.15) is 5.88 Å². The molecular formula is C9H17ClN2O. The maximum absolute atomic E-state index is 11.2. The van der Waals surface area contributed by atoms with Crippen LogP contribution in [0.15, 0.2) is 0 Å². The van der Waals surface area contributed by atoms with E-state index in [1.54, 1.807) is 4.90 Å². The monoisotopic (exact) mass is 204 g/mol. The Morgan fingerprint density at radius 3 is 2.85 bits per heavy atom. The van der Waals surface area contributed by atoms with E-state index in [4.69, 9.17) is 11.6 Å². The molecule has 76 valence electrons. The Kier molecular flexibility index (Phi) is 4.00. The van der Waals surface area contributed by atoms with E-state index in [9.17, 15) is 4.79 Å². The first-order valence-electron chi connectivity index (χ1n) is 4.62. The van der Waals surface area contributed by atoms with Crippen molar-refractivity contribution in [3.63, 3.8) is 0 Å². The Labute approximate surface area is 84.6 Å². The van der Waals surface area contributed by atoms with Gasteiger partial charge < -0.3 is 9.80 Å². The summed E-state index contributed by atoms with van der Waals surface area (Å²) < 4.78 is 0. The molecule has 0 bridgehead atoms. The number of hydrogen-bond acceptors (Lipinski definition) is 2. The number of carbonyl (C=O) groups excluding carboxylic acids is 1. The predicted molar refractivity (Wildman–Crippen MR) is 54.0 cm³/mol. The fourth-order valence-electron chi connectivity index (χ4n) is 1.77. The predicted octanol–water partition coefficient (Wildman–Crippen LogP) is 0.635. The smallest absolute Gasteiger partial charge is 0.237 e. The fraction of sp³-hybridized carbons (Fsp3) is 0.889. The molecule has 13 heavy (non-hydrogen) atoms. The highest BCUT2D eigenvalue weighted by Crippen LogP contribution is 2.15. The number of carbonyl (C=O) groups is 1. The number of alkyl halides is 1. The second-order valence-electron chi connectivity index (χ2n) is 3.82. The molecule has 1 aliphatic rings. The zero-order valence-electron chi connectivity index (χ0n) is 8.29. The van der Waals surface area contributed by atoms with Gasteiger partial charge in [0.25, 0.3) is 0 Å². The van der Waals surface area contributed by atoms with Crippen LogP contribution in [0.3, 0.4) is 0 Å². The molecule has 0 aromatic heterocycles. The summed E-state index contributed by atoms with van der Waals surface area (Å²) >= 11 is 5.46. The summed E-state index contributed by atoms with van der Waals surface area (Å²) in [4.78, 5) is 15.2. The normalized spacial score (nSPS) is 23.5. The lowest BCUT2D eigenvalue weighted by molar-refractivity contribution is -0.127. The van der Waals surface area contributed by atoms with Gasteiger partial charge >= 0.3 is 0 Å². The van der Waals surface area contributed by atoms with Gasteiger partial charge in [-0.25, -0.2) is 0 Å². The second kappa shape index (κ2) is 4.82. The van der Waals surface area contributed by atoms with Crippen LogP contribution in [-0.2, 0) is 4.79 Å². The van der Waals surface area contributed by atoms with E-state index in [1.165, 1.54) is 6.42 Å². The summed E-state index contributed by atoms with van der Waals surface area (Å²) in [5, 5.41) is 0. The minimum Gasteiger partial charge on any atom is -0.344 e. The molecule has 0 N–H and O–H groups in total. The molecule has 1 heterocycles. The zero-order valence-corrected chi connectivity index (χ0v) is 9.05. The molecule has 4 heteroatoms. The van der Waals surface area contributed by atoms with Crippen LogP contribution in [0.25, 0.3) is 0 Å². The van der Waals surface area contributed by atoms with Gasteiger partial charge in [-0.05, 0) is 25.9 Å². The molecule has 0 radical (unpaired) electrons. The molecule has 0 aromatic rings. The second-order valence-corrected chi connectivity index (χ2v) is 4.09. The first-order valence-corrected chi connectivity index (χ1v) is 5.15. The quantitative estimate of drug-likeness (QED) is 0.630. The maximum atomic E-state index is 11.2. The molecule has 1 atom stereocenters. The number of rotatable bonds is 3. The van der Waals surface area contributed by atoms with Gasteiger partial charge in [-0.1, -0.05) is 0 Å². The minimum absolute atomic E-state index is 0.0243. The van der Waals surface area contributed by atoms with Crippen molar-refractivity contribution in [3.05, 3.63) is 0 Å². The highest BCUT2D eigenvalue weighted by atomic mass is 35.5. The molecule has 0 spiro atoms. The number of amides is 1. The lowest BCUT2D eigenvalue weighted by atomic mass is 10.1. The molecule has 1 saturated heterocycles. The fourth-order valence-corrected chi connectivity index (χ4v) is 1.97. The van der Waals surface area contributed by atoms with Crippen LogP contribution in [0.4, 0.5) is 0 Å². The Morgan fingerprint density at radius 1 is 1.69 bits per heavy atom. The van der Waals surface area contributed by atoms with Crippen molar-refractivity contribution in [2.45, 2.75) is 6.42 Å². The Bertz CT molecular complexity index is 186. The van der Waals surface area contributed by atoms with Gasteiger partial charge in [0.2, 0.25) is 5.91 Å². The first kappa shape index (κ1) is 10.8. The van der Waals surface area contributed by atoms with E-state index in [0.717, 1.165) is 19.6 Å². The average molecular weight is 205 g/mol. The SMILES string of the molecule is CN1CCC(CN(C)C(=O)CCl)C1. The summed E-state index contributed by atoms with van der Waals surface area (Å²) in [7, 11) is 3.94. The number of nitrogens with zero attached hydrogens (tertiary/aromatic N) is 2. The van der Waals surface area contributed by atoms with Crippen LogP contribution in [-0.4, -0.2) is 55.3 Å². The average Bonchev–Trinajstić information content (AvgIpc) is 2.49. The van der Waals surface area contributed by atoms with Crippen LogP contribution < -0.4 is 0 Å². The summed E-state index contributed by atoms with van der Waals surface area (Å²) in [6.07, 6.45) is 1.19. The molecule has 0 aliphatic carbocycles. The zero-order chi connectivity index (χ0) is 9.84. The first-order chi connectivity index (χ1) is 6.13. The van der Waals surface area contributed by atoms with Crippen molar-refractivity contribution in [1.29, 1.82) is 0 Å². The lowest BCUT2D eigenvalue weighted by Gasteiger charge is -2.20. The molecule has 1 fully saturated rings. The van der Waals surface area contributed by atoms with Crippen LogP contribution in [0.2, 0.25) is 0 Å². The van der Waals surface area contributed by atoms with Crippen molar-refractivity contribution in [3.8, 4) is 0 Å². The van der Waals surface area contributed by atoms with E-state index < -0.39 is 0 Å².